The molecule has 0 saturated carbocycles. The van der Waals surface area contributed by atoms with Gasteiger partial charge >= 0.3 is 0 Å². The summed E-state index contributed by atoms with van der Waals surface area (Å²) in [4.78, 5) is 12.4. The van der Waals surface area contributed by atoms with E-state index in [1.54, 1.807) is 14.2 Å². The average Bonchev–Trinajstić information content (AvgIpc) is 2.73. The van der Waals surface area contributed by atoms with E-state index in [9.17, 15) is 4.79 Å². The number of rotatable bonds is 11. The Hall–Kier alpha value is -2.97. The molecule has 1 amide bonds. The molecule has 0 fully saturated rings. The molecule has 28 heavy (non-hydrogen) atoms. The molecule has 0 aliphatic rings. The van der Waals surface area contributed by atoms with Gasteiger partial charge in [-0.2, -0.15) is 0 Å². The fourth-order valence-corrected chi connectivity index (χ4v) is 2.85. The van der Waals surface area contributed by atoms with Gasteiger partial charge in [-0.05, 0) is 42.5 Å². The molecular formula is C23H27NO4. The Morgan fingerprint density at radius 2 is 1.86 bits per heavy atom. The lowest BCUT2D eigenvalue weighted by atomic mass is 10.1. The normalized spacial score (nSPS) is 11.3. The summed E-state index contributed by atoms with van der Waals surface area (Å²) < 4.78 is 16.1. The smallest absolute Gasteiger partial charge is 0.249 e. The van der Waals surface area contributed by atoms with Gasteiger partial charge in [0.15, 0.2) is 11.5 Å². The fourth-order valence-electron chi connectivity index (χ4n) is 2.85. The number of methoxy groups -OCH3 is 2. The Balaban J connectivity index is 1.82. The Kier molecular flexibility index (Phi) is 8.90. The maximum absolute atomic E-state index is 12.4. The second kappa shape index (κ2) is 11.7. The maximum Gasteiger partial charge on any atom is 0.249 e. The van der Waals surface area contributed by atoms with Crippen LogP contribution in [0.25, 0.3) is 0 Å². The first kappa shape index (κ1) is 21.3. The third-order valence-electron chi connectivity index (χ3n) is 4.37. The Labute approximate surface area is 167 Å². The molecule has 0 heterocycles. The summed E-state index contributed by atoms with van der Waals surface area (Å²) in [6.07, 6.45) is 6.86. The summed E-state index contributed by atoms with van der Waals surface area (Å²) >= 11 is 0. The molecule has 0 unspecified atom stereocenters. The summed E-state index contributed by atoms with van der Waals surface area (Å²) in [5.74, 6) is 3.56. The van der Waals surface area contributed by atoms with Gasteiger partial charge in [-0.25, -0.2) is 0 Å². The largest absolute Gasteiger partial charge is 0.493 e. The zero-order valence-electron chi connectivity index (χ0n) is 16.4. The topological polar surface area (TPSA) is 56.8 Å². The number of ether oxygens (including phenoxy) is 3. The fraction of sp³-hybridized carbons (Fsp3) is 0.348. The number of nitrogens with one attached hydrogen (secondary N) is 1. The van der Waals surface area contributed by atoms with Gasteiger partial charge in [0.05, 0.1) is 7.11 Å². The molecule has 0 bridgehead atoms. The molecule has 0 saturated heterocycles. The van der Waals surface area contributed by atoms with Gasteiger partial charge in [0.2, 0.25) is 5.91 Å². The first-order valence-electron chi connectivity index (χ1n) is 9.25. The van der Waals surface area contributed by atoms with E-state index < -0.39 is 6.10 Å². The molecule has 2 aromatic carbocycles. The molecular weight excluding hydrogens is 354 g/mol. The van der Waals surface area contributed by atoms with Crippen LogP contribution in [0.5, 0.6) is 11.5 Å². The zero-order valence-corrected chi connectivity index (χ0v) is 16.4. The van der Waals surface area contributed by atoms with Crippen molar-refractivity contribution in [1.82, 2.24) is 5.32 Å². The van der Waals surface area contributed by atoms with Gasteiger partial charge in [0.1, 0.15) is 12.7 Å². The predicted octanol–water partition coefficient (Wildman–Crippen LogP) is 3.01. The highest BCUT2D eigenvalue weighted by atomic mass is 16.5. The molecule has 0 spiro atoms. The van der Waals surface area contributed by atoms with Crippen LogP contribution in [-0.2, 0) is 22.4 Å². The lowest BCUT2D eigenvalue weighted by Gasteiger charge is -2.16. The molecule has 1 atom stereocenters. The molecule has 0 aliphatic carbocycles. The van der Waals surface area contributed by atoms with Crippen LogP contribution in [0.1, 0.15) is 17.5 Å². The van der Waals surface area contributed by atoms with Gasteiger partial charge in [-0.3, -0.25) is 4.79 Å². The van der Waals surface area contributed by atoms with E-state index in [1.807, 2.05) is 36.4 Å². The highest BCUT2D eigenvalue weighted by Gasteiger charge is 2.17. The second-order valence-electron chi connectivity index (χ2n) is 6.27. The van der Waals surface area contributed by atoms with Crippen molar-refractivity contribution in [3.8, 4) is 23.8 Å². The molecule has 1 N–H and O–H groups in total. The van der Waals surface area contributed by atoms with E-state index in [0.29, 0.717) is 30.9 Å². The third kappa shape index (κ3) is 6.64. The monoisotopic (exact) mass is 381 g/mol. The van der Waals surface area contributed by atoms with Gasteiger partial charge in [-0.1, -0.05) is 42.3 Å². The van der Waals surface area contributed by atoms with Crippen molar-refractivity contribution < 1.29 is 19.0 Å². The molecule has 0 aromatic heterocycles. The second-order valence-corrected chi connectivity index (χ2v) is 6.27. The Morgan fingerprint density at radius 3 is 2.54 bits per heavy atom. The maximum atomic E-state index is 12.4. The van der Waals surface area contributed by atoms with Crippen molar-refractivity contribution in [1.29, 1.82) is 0 Å². The number of carbonyl (C=O) groups excluding carboxylic acids is 1. The van der Waals surface area contributed by atoms with Gasteiger partial charge < -0.3 is 19.5 Å². The molecule has 0 aliphatic heterocycles. The third-order valence-corrected chi connectivity index (χ3v) is 4.37. The molecule has 148 valence electrons. The van der Waals surface area contributed by atoms with Crippen molar-refractivity contribution in [3.63, 3.8) is 0 Å². The van der Waals surface area contributed by atoms with E-state index in [-0.39, 0.29) is 12.5 Å². The van der Waals surface area contributed by atoms with Crippen LogP contribution >= 0.6 is 0 Å². The number of carbonyl (C=O) groups is 1. The minimum atomic E-state index is -0.464. The molecule has 0 radical (unpaired) electrons. The summed E-state index contributed by atoms with van der Waals surface area (Å²) in [5, 5.41) is 2.94. The van der Waals surface area contributed by atoms with E-state index in [1.165, 1.54) is 5.56 Å². The van der Waals surface area contributed by atoms with Crippen molar-refractivity contribution in [2.45, 2.75) is 25.4 Å². The molecule has 2 rings (SSSR count). The van der Waals surface area contributed by atoms with Crippen molar-refractivity contribution in [2.24, 2.45) is 0 Å². The van der Waals surface area contributed by atoms with Gasteiger partial charge in [-0.15, -0.1) is 6.42 Å². The standard InChI is InChI=1S/C23H27NO4/c1-4-16-28-20-12-11-19(17-22(20)27-3)14-15-24-23(25)21(26-2)13-10-18-8-6-5-7-9-18/h1,5-9,11-12,17,21H,10,13-16H2,2-3H3,(H,24,25)/t21-/m0/s1. The summed E-state index contributed by atoms with van der Waals surface area (Å²) in [7, 11) is 3.15. The predicted molar refractivity (Wildman–Crippen MR) is 110 cm³/mol. The molecule has 5 nitrogen and oxygen atoms in total. The van der Waals surface area contributed by atoms with Crippen LogP contribution in [0.2, 0.25) is 0 Å². The molecule has 2 aromatic rings. The minimum Gasteiger partial charge on any atom is -0.493 e. The highest BCUT2D eigenvalue weighted by Crippen LogP contribution is 2.28. The number of amides is 1. The van der Waals surface area contributed by atoms with Crippen LogP contribution in [0.3, 0.4) is 0 Å². The minimum absolute atomic E-state index is 0.0978. The number of terminal acetylenes is 1. The van der Waals surface area contributed by atoms with Crippen molar-refractivity contribution in [2.75, 3.05) is 27.4 Å². The zero-order chi connectivity index (χ0) is 20.2. The van der Waals surface area contributed by atoms with E-state index in [0.717, 1.165) is 12.0 Å². The first-order chi connectivity index (χ1) is 13.7. The van der Waals surface area contributed by atoms with Crippen LogP contribution in [0, 0.1) is 12.3 Å². The van der Waals surface area contributed by atoms with Crippen molar-refractivity contribution >= 4 is 5.91 Å². The van der Waals surface area contributed by atoms with E-state index >= 15 is 0 Å². The molecule has 5 heteroatoms. The Bertz CT molecular complexity index is 783. The lowest BCUT2D eigenvalue weighted by molar-refractivity contribution is -0.131. The lowest BCUT2D eigenvalue weighted by Crippen LogP contribution is -2.37. The number of hydrogen-bond acceptors (Lipinski definition) is 4. The van der Waals surface area contributed by atoms with Gasteiger partial charge in [0, 0.05) is 13.7 Å². The SMILES string of the molecule is C#CCOc1ccc(CCNC(=O)[C@H](CCc2ccccc2)OC)cc1OC. The number of hydrogen-bond donors (Lipinski definition) is 1. The average molecular weight is 381 g/mol. The quantitative estimate of drug-likeness (QED) is 0.608. The first-order valence-corrected chi connectivity index (χ1v) is 9.25. The summed E-state index contributed by atoms with van der Waals surface area (Å²) in [6, 6.07) is 15.7. The Morgan fingerprint density at radius 1 is 1.07 bits per heavy atom. The van der Waals surface area contributed by atoms with E-state index in [4.69, 9.17) is 20.6 Å². The summed E-state index contributed by atoms with van der Waals surface area (Å²) in [6.45, 7) is 0.699. The van der Waals surface area contributed by atoms with E-state index in [2.05, 4.69) is 23.4 Å². The highest BCUT2D eigenvalue weighted by molar-refractivity contribution is 5.80. The van der Waals surface area contributed by atoms with Crippen LogP contribution in [0.15, 0.2) is 48.5 Å². The van der Waals surface area contributed by atoms with Gasteiger partial charge in [0.25, 0.3) is 0 Å². The van der Waals surface area contributed by atoms with Crippen LogP contribution in [-0.4, -0.2) is 39.4 Å². The number of aryl methyl sites for hydroxylation is 1. The number of benzene rings is 2. The van der Waals surface area contributed by atoms with Crippen LogP contribution < -0.4 is 14.8 Å². The van der Waals surface area contributed by atoms with Crippen molar-refractivity contribution in [3.05, 3.63) is 59.7 Å². The van der Waals surface area contributed by atoms with Crippen LogP contribution in [0.4, 0.5) is 0 Å². The summed E-state index contributed by atoms with van der Waals surface area (Å²) in [5.41, 5.74) is 2.22.